The number of hydrogen-bond donors (Lipinski definition) is 7. The maximum atomic E-state index is 14.1. The van der Waals surface area contributed by atoms with Crippen molar-refractivity contribution < 1.29 is 276 Å². The fourth-order valence-electron chi connectivity index (χ4n) is 11.7. The molecule has 2 aliphatic rings. The third kappa shape index (κ3) is 23.8. The van der Waals surface area contributed by atoms with Gasteiger partial charge in [-0.3, -0.25) is 14.2 Å². The molecule has 10 aromatic rings. The van der Waals surface area contributed by atoms with E-state index in [0.29, 0.717) is 55.0 Å². The van der Waals surface area contributed by atoms with Gasteiger partial charge in [0.25, 0.3) is 35.6 Å². The number of aryl methyl sites for hydroxylation is 4. The van der Waals surface area contributed by atoms with E-state index in [1.54, 1.807) is 52.8 Å². The zero-order valence-electron chi connectivity index (χ0n) is 61.1. The number of ether oxygens (including phenoxy) is 1. The van der Waals surface area contributed by atoms with E-state index < -0.39 is 86.2 Å². The summed E-state index contributed by atoms with van der Waals surface area (Å²) in [5.74, 6) is -2.44. The molecule has 0 saturated carbocycles. The van der Waals surface area contributed by atoms with E-state index >= 15 is 0 Å². The maximum Gasteiger partial charge on any atom is 1.00 e. The molecule has 0 saturated heterocycles. The quantitative estimate of drug-likeness (QED) is 0.0118. The van der Waals surface area contributed by atoms with Crippen molar-refractivity contribution in [2.45, 2.75) is 66.0 Å². The Morgan fingerprint density at radius 3 is 1.73 bits per heavy atom. The Bertz CT molecular complexity index is 6540. The van der Waals surface area contributed by atoms with Crippen molar-refractivity contribution in [1.29, 1.82) is 0 Å². The molecule has 0 spiro atoms. The summed E-state index contributed by atoms with van der Waals surface area (Å²) in [6, 6.07) is 39.4. The summed E-state index contributed by atoms with van der Waals surface area (Å²) < 4.78 is 199. The third-order valence-electron chi connectivity index (χ3n) is 16.2. The van der Waals surface area contributed by atoms with Crippen LogP contribution in [-0.4, -0.2) is 109 Å². The summed E-state index contributed by atoms with van der Waals surface area (Å²) in [7, 11) is -21.2. The van der Waals surface area contributed by atoms with Crippen LogP contribution in [0.1, 0.15) is 43.7 Å². The van der Waals surface area contributed by atoms with Gasteiger partial charge in [0, 0.05) is 55.3 Å². The van der Waals surface area contributed by atoms with Crippen LogP contribution in [0.5, 0.6) is 23.0 Å². The second kappa shape index (κ2) is 41.4. The minimum atomic E-state index is -5.45. The fourth-order valence-corrected chi connectivity index (χ4v) is 16.3. The van der Waals surface area contributed by atoms with E-state index in [0.717, 1.165) is 24.3 Å². The van der Waals surface area contributed by atoms with Gasteiger partial charge in [-0.15, -0.1) is 47.7 Å². The van der Waals surface area contributed by atoms with Crippen molar-refractivity contribution in [2.75, 3.05) is 14.8 Å². The van der Waals surface area contributed by atoms with Crippen LogP contribution in [0.25, 0.3) is 65.7 Å². The molecule has 0 amide bonds. The SMILES string of the molecule is Cc1cc(C)c(NS(=O)(=O)c2ccc3[c-]c(O)ccc3c2)c(C)c1Nc1[c-]cc2c(-c3ccccc3S(=O)(=O)[O-])c3cc(S(=O)(=O)[O-])c(=[NH+]c4c(C)cc(C)c(NS(=O)(=O)c5cc(C(=O)[O-])c6cc(O)ccc6c5)c4C)cc-3oc2c1.O.O=C=O.O=COc1c(O)ccc2cc(S(=O)(=O)Cl)ccc12.O=S(=O)=O.[Na+].[Na+].[Na+].[Na+].[Na+].[OH-]. The molecule has 43 heteroatoms. The minimum Gasteiger partial charge on any atom is -0.870 e. The van der Waals surface area contributed by atoms with Crippen molar-refractivity contribution in [3.8, 4) is 45.4 Å². The monoisotopic (exact) mass is 1720 g/mol. The van der Waals surface area contributed by atoms with Gasteiger partial charge in [0.05, 0.1) is 43.0 Å². The molecule has 0 unspecified atom stereocenters. The van der Waals surface area contributed by atoms with Crippen LogP contribution < -0.4 is 183 Å². The molecule has 0 atom stereocenters. The molecule has 10 aromatic carbocycles. The van der Waals surface area contributed by atoms with Gasteiger partial charge in [0.15, 0.2) is 11.5 Å². The number of halogens is 1. The first-order valence-electron chi connectivity index (χ1n) is 29.9. The molecule has 12 rings (SSSR count). The smallest absolute Gasteiger partial charge is 0.870 e. The summed E-state index contributed by atoms with van der Waals surface area (Å²) in [6.45, 7) is 10.2. The average molecular weight is 1730 g/mol. The first kappa shape index (κ1) is 102. The summed E-state index contributed by atoms with van der Waals surface area (Å²) in [6.07, 6.45) is 0.250. The Morgan fingerprint density at radius 2 is 1.13 bits per heavy atom. The predicted molar refractivity (Wildman–Crippen MR) is 383 cm³/mol. The van der Waals surface area contributed by atoms with Crippen LogP contribution >= 0.6 is 10.7 Å². The van der Waals surface area contributed by atoms with Crippen molar-refractivity contribution >= 4 is 161 Å². The topological polar surface area (TPSA) is 554 Å². The number of carbonyl (C=O) groups is 2. The molecule has 0 radical (unpaired) electrons. The molecular formula is C70H54ClN4Na5O27S6. The van der Waals surface area contributed by atoms with Crippen molar-refractivity contribution in [3.63, 3.8) is 0 Å². The normalized spacial score (nSPS) is 11.1. The standard InChI is InChI=1S/C58H46N4O15S4.C11H7ClO5S.CO2.5Na.O3S.2H2O/c1-29-19-31(3)56(61-78(67,68)41-17-13-35-21-39(63)15-11-36(35)22-41)33(5)54(29)59-38-14-18-43-49(24-38)77-50-28-48(52(81(74,75)76)27-47(50)53(43)44-9-7-8-10-51(44)80(71,72)73)60-55-30(2)20-32(4)57(34(55)6)62-79(69,70)42-23-37-12-16-40(64)25-45(37)46(26-42)58(65)66;12-18(15,16)8-2-3-9-7(5-8)1-4-10(14)11(9)17-6-13;2-1-3;;;;;;1-4(2)3;;/h7-13,15-20,22-28,59,61-64H,1-6H3,(H,65,66)(H,71,72,73)(H,74,75,76);1-6,14H;;;;;;;;2*1H2/q-2;;;5*+1;;;/p-3. The summed E-state index contributed by atoms with van der Waals surface area (Å²) in [4.78, 5) is 39.7. The van der Waals surface area contributed by atoms with Gasteiger partial charge >= 0.3 is 165 Å². The van der Waals surface area contributed by atoms with Gasteiger partial charge in [-0.25, -0.2) is 47.1 Å². The zero-order chi connectivity index (χ0) is 78.0. The first-order chi connectivity index (χ1) is 49.6. The number of phenolic OH excluding ortho intramolecular Hbond substituents is 3. The van der Waals surface area contributed by atoms with Crippen LogP contribution in [0.3, 0.4) is 0 Å². The number of fused-ring (bicyclic) bond motifs is 5. The third-order valence-corrected chi connectivity index (χ3v) is 22.0. The second-order valence-electron chi connectivity index (χ2n) is 23.1. The summed E-state index contributed by atoms with van der Waals surface area (Å²) in [5.41, 5.74) is 3.07. The van der Waals surface area contributed by atoms with E-state index in [1.807, 2.05) is 0 Å². The van der Waals surface area contributed by atoms with Gasteiger partial charge in [0.2, 0.25) is 11.0 Å². The molecule has 1 heterocycles. The molecule has 31 nitrogen and oxygen atoms in total. The number of aromatic carboxylic acids is 1. The number of carbonyl (C=O) groups excluding carboxylic acids is 4. The Kier molecular flexibility index (Phi) is 37.5. The number of aromatic hydroxyl groups is 3. The number of phenols is 3. The minimum absolute atomic E-state index is 0. The number of hydrogen-bond acceptors (Lipinski definition) is 27. The zero-order valence-corrected chi connectivity index (χ0v) is 76.8. The molecule has 0 fully saturated rings. The molecular weight excluding hydrogens is 1670 g/mol. The molecule has 0 bridgehead atoms. The number of rotatable bonds is 16. The number of nitrogens with one attached hydrogen (secondary N) is 4. The molecule has 1 aliphatic carbocycles. The summed E-state index contributed by atoms with van der Waals surface area (Å²) >= 11 is 0. The van der Waals surface area contributed by atoms with Crippen LogP contribution in [0.2, 0.25) is 0 Å². The van der Waals surface area contributed by atoms with Crippen LogP contribution in [0.4, 0.5) is 28.4 Å². The van der Waals surface area contributed by atoms with E-state index in [-0.39, 0.29) is 282 Å². The molecule has 1 aliphatic heterocycles. The Hall–Kier alpha value is -6.71. The Balaban J connectivity index is 0.00000116. The van der Waals surface area contributed by atoms with Gasteiger partial charge in [-0.2, -0.15) is 21.7 Å². The number of anilines is 4. The van der Waals surface area contributed by atoms with Crippen molar-refractivity contribution in [3.05, 3.63) is 208 Å². The van der Waals surface area contributed by atoms with Crippen LogP contribution in [-0.2, 0) is 74.3 Å². The number of sulfonamides is 2. The van der Waals surface area contributed by atoms with Gasteiger partial charge < -0.3 is 59.7 Å². The van der Waals surface area contributed by atoms with E-state index in [4.69, 9.17) is 37.3 Å². The average Bonchev–Trinajstić information content (AvgIpc) is 0.734. The van der Waals surface area contributed by atoms with E-state index in [9.17, 15) is 81.2 Å². The van der Waals surface area contributed by atoms with Gasteiger partial charge in [-0.05, 0) is 152 Å². The fraction of sp³-hybridized carbons (Fsp3) is 0.0857. The van der Waals surface area contributed by atoms with Crippen molar-refractivity contribution in [1.82, 2.24) is 0 Å². The largest absolute Gasteiger partial charge is 1.00 e. The van der Waals surface area contributed by atoms with Crippen LogP contribution in [0, 0.1) is 53.7 Å². The van der Waals surface area contributed by atoms with E-state index in [1.165, 1.54) is 116 Å². The number of benzene rings is 11. The van der Waals surface area contributed by atoms with E-state index in [2.05, 4.69) is 36.6 Å². The van der Waals surface area contributed by atoms with Gasteiger partial charge in [0.1, 0.15) is 36.6 Å². The molecule has 10 N–H and O–H groups in total. The molecule has 0 aromatic heterocycles. The van der Waals surface area contributed by atoms with Crippen molar-refractivity contribution in [2.24, 2.45) is 0 Å². The van der Waals surface area contributed by atoms with Crippen LogP contribution in [0.15, 0.2) is 181 Å². The van der Waals surface area contributed by atoms with Gasteiger partial charge in [-0.1, -0.05) is 71.2 Å². The Labute approximate surface area is 761 Å². The first-order valence-corrected chi connectivity index (χ1v) is 39.0. The predicted octanol–water partition coefficient (Wildman–Crippen LogP) is -8.36. The summed E-state index contributed by atoms with van der Waals surface area (Å²) in [5, 5.41) is 46.8. The maximum absolute atomic E-state index is 14.1. The Morgan fingerprint density at radius 1 is 0.602 bits per heavy atom. The number of carboxylic acids is 1. The molecule has 564 valence electrons. The number of carboxylic acid groups (broad SMARTS) is 1. The molecule has 113 heavy (non-hydrogen) atoms. The second-order valence-corrected chi connectivity index (χ2v) is 32.1.